The van der Waals surface area contributed by atoms with Gasteiger partial charge < -0.3 is 11.1 Å². The lowest BCUT2D eigenvalue weighted by Crippen LogP contribution is -2.00. The number of nitrogen functional groups attached to an aromatic ring is 1. The minimum Gasteiger partial charge on any atom is -0.368 e. The van der Waals surface area contributed by atoms with E-state index in [-0.39, 0.29) is 16.9 Å². The molecule has 3 N–H and O–H groups in total. The maximum atomic E-state index is 13.0. The number of halogens is 3. The molecule has 0 aliphatic heterocycles. The predicted molar refractivity (Wildman–Crippen MR) is 68.8 cm³/mol. The predicted octanol–water partition coefficient (Wildman–Crippen LogP) is 3.36. The Morgan fingerprint density at radius 1 is 1.29 bits per heavy atom. The van der Waals surface area contributed by atoms with Crippen molar-refractivity contribution in [2.24, 2.45) is 0 Å². The highest BCUT2D eigenvalue weighted by molar-refractivity contribution is 9.10. The van der Waals surface area contributed by atoms with Crippen LogP contribution in [0.3, 0.4) is 0 Å². The Labute approximate surface area is 110 Å². The summed E-state index contributed by atoms with van der Waals surface area (Å²) in [4.78, 5) is 7.67. The molecule has 7 heteroatoms. The van der Waals surface area contributed by atoms with Crippen LogP contribution in [-0.2, 0) is 0 Å². The van der Waals surface area contributed by atoms with Gasteiger partial charge in [0.1, 0.15) is 16.8 Å². The van der Waals surface area contributed by atoms with Crippen LogP contribution in [0.25, 0.3) is 0 Å². The molecule has 0 saturated heterocycles. The third kappa shape index (κ3) is 3.04. The lowest BCUT2D eigenvalue weighted by atomic mass is 10.3. The Morgan fingerprint density at radius 3 is 2.71 bits per heavy atom. The second-order valence-corrected chi connectivity index (χ2v) is 4.43. The largest absolute Gasteiger partial charge is 0.368 e. The highest BCUT2D eigenvalue weighted by Crippen LogP contribution is 2.23. The summed E-state index contributed by atoms with van der Waals surface area (Å²) in [6.07, 6.45) is 0. The van der Waals surface area contributed by atoms with E-state index < -0.39 is 0 Å². The maximum Gasteiger partial charge on any atom is 0.223 e. The van der Waals surface area contributed by atoms with Gasteiger partial charge in [0.2, 0.25) is 5.95 Å². The first kappa shape index (κ1) is 12.1. The van der Waals surface area contributed by atoms with Crippen LogP contribution in [0.1, 0.15) is 0 Å². The van der Waals surface area contributed by atoms with Crippen molar-refractivity contribution < 1.29 is 4.39 Å². The first-order valence-electron chi connectivity index (χ1n) is 4.57. The van der Waals surface area contributed by atoms with Gasteiger partial charge in [-0.25, -0.2) is 9.37 Å². The van der Waals surface area contributed by atoms with E-state index in [0.29, 0.717) is 16.0 Å². The van der Waals surface area contributed by atoms with E-state index >= 15 is 0 Å². The molecule has 17 heavy (non-hydrogen) atoms. The summed E-state index contributed by atoms with van der Waals surface area (Å²) in [5, 5.41) is 3.18. The summed E-state index contributed by atoms with van der Waals surface area (Å²) in [6, 6.07) is 6.02. The molecule has 2 rings (SSSR count). The van der Waals surface area contributed by atoms with Gasteiger partial charge in [0, 0.05) is 11.8 Å². The van der Waals surface area contributed by atoms with Gasteiger partial charge >= 0.3 is 0 Å². The number of aromatic nitrogens is 2. The molecule has 0 saturated carbocycles. The number of nitrogens with one attached hydrogen (secondary N) is 1. The van der Waals surface area contributed by atoms with Crippen LogP contribution in [0, 0.1) is 5.82 Å². The van der Waals surface area contributed by atoms with Crippen LogP contribution < -0.4 is 11.1 Å². The van der Waals surface area contributed by atoms with E-state index in [2.05, 4.69) is 31.2 Å². The normalized spacial score (nSPS) is 10.3. The molecule has 0 fully saturated rings. The van der Waals surface area contributed by atoms with Crippen molar-refractivity contribution in [3.8, 4) is 0 Å². The number of rotatable bonds is 2. The monoisotopic (exact) mass is 316 g/mol. The van der Waals surface area contributed by atoms with E-state index in [1.807, 2.05) is 0 Å². The molecule has 2 aromatic rings. The van der Waals surface area contributed by atoms with Gasteiger partial charge in [0.15, 0.2) is 0 Å². The Bertz CT molecular complexity index is 544. The zero-order chi connectivity index (χ0) is 12.4. The molecule has 0 radical (unpaired) electrons. The minimum atomic E-state index is -0.337. The van der Waals surface area contributed by atoms with Gasteiger partial charge in [-0.3, -0.25) is 0 Å². The zero-order valence-corrected chi connectivity index (χ0v) is 10.8. The van der Waals surface area contributed by atoms with Crippen molar-refractivity contribution in [1.29, 1.82) is 0 Å². The number of hydrogen-bond acceptors (Lipinski definition) is 4. The van der Waals surface area contributed by atoms with Crippen molar-refractivity contribution in [2.45, 2.75) is 0 Å². The fourth-order valence-corrected chi connectivity index (χ4v) is 1.79. The van der Waals surface area contributed by atoms with Gasteiger partial charge in [-0.1, -0.05) is 11.6 Å². The average molecular weight is 318 g/mol. The third-order valence-electron chi connectivity index (χ3n) is 1.90. The summed E-state index contributed by atoms with van der Waals surface area (Å²) in [7, 11) is 0. The molecule has 1 aromatic heterocycles. The summed E-state index contributed by atoms with van der Waals surface area (Å²) in [6.45, 7) is 0. The smallest absolute Gasteiger partial charge is 0.223 e. The molecule has 0 aliphatic carbocycles. The SMILES string of the molecule is Nc1nc(Cl)cc(Nc2ccc(F)c(Br)c2)n1. The van der Waals surface area contributed by atoms with Gasteiger partial charge in [0.25, 0.3) is 0 Å². The van der Waals surface area contributed by atoms with Crippen molar-refractivity contribution in [1.82, 2.24) is 9.97 Å². The third-order valence-corrected chi connectivity index (χ3v) is 2.71. The summed E-state index contributed by atoms with van der Waals surface area (Å²) >= 11 is 8.82. The standard InChI is InChI=1S/C10H7BrClFN4/c11-6-3-5(1-2-7(6)13)15-9-4-8(12)16-10(14)17-9/h1-4H,(H3,14,15,16,17). The molecule has 1 aromatic carbocycles. The van der Waals surface area contributed by atoms with Gasteiger partial charge in [-0.2, -0.15) is 4.98 Å². The molecule has 4 nitrogen and oxygen atoms in total. The molecule has 0 aliphatic rings. The van der Waals surface area contributed by atoms with E-state index in [4.69, 9.17) is 17.3 Å². The Kier molecular flexibility index (Phi) is 3.44. The van der Waals surface area contributed by atoms with Crippen LogP contribution >= 0.6 is 27.5 Å². The molecular formula is C10H7BrClFN4. The lowest BCUT2D eigenvalue weighted by molar-refractivity contribution is 0.621. The molecule has 0 bridgehead atoms. The van der Waals surface area contributed by atoms with E-state index in [1.165, 1.54) is 12.1 Å². The van der Waals surface area contributed by atoms with Crippen LogP contribution in [0.2, 0.25) is 5.15 Å². The summed E-state index contributed by atoms with van der Waals surface area (Å²) in [5.74, 6) is 0.179. The molecule has 0 spiro atoms. The minimum absolute atomic E-state index is 0.0705. The van der Waals surface area contributed by atoms with Gasteiger partial charge in [0.05, 0.1) is 4.47 Å². The van der Waals surface area contributed by atoms with Gasteiger partial charge in [-0.15, -0.1) is 0 Å². The van der Waals surface area contributed by atoms with Crippen molar-refractivity contribution in [2.75, 3.05) is 11.1 Å². The van der Waals surface area contributed by atoms with Crippen LogP contribution in [-0.4, -0.2) is 9.97 Å². The lowest BCUT2D eigenvalue weighted by Gasteiger charge is -2.07. The van der Waals surface area contributed by atoms with Crippen LogP contribution in [0.5, 0.6) is 0 Å². The Hall–Kier alpha value is -1.40. The number of nitrogens with zero attached hydrogens (tertiary/aromatic N) is 2. The van der Waals surface area contributed by atoms with Crippen molar-refractivity contribution >= 4 is 45.0 Å². The van der Waals surface area contributed by atoms with Crippen LogP contribution in [0.4, 0.5) is 21.8 Å². The number of benzene rings is 1. The maximum absolute atomic E-state index is 13.0. The van der Waals surface area contributed by atoms with E-state index in [1.54, 1.807) is 12.1 Å². The Balaban J connectivity index is 2.28. The highest BCUT2D eigenvalue weighted by atomic mass is 79.9. The van der Waals surface area contributed by atoms with Crippen LogP contribution in [0.15, 0.2) is 28.7 Å². The topological polar surface area (TPSA) is 63.8 Å². The van der Waals surface area contributed by atoms with Gasteiger partial charge in [-0.05, 0) is 34.1 Å². The highest BCUT2D eigenvalue weighted by Gasteiger charge is 2.03. The summed E-state index contributed by atoms with van der Waals surface area (Å²) < 4.78 is 13.4. The second kappa shape index (κ2) is 4.85. The first-order chi connectivity index (χ1) is 8.04. The number of anilines is 3. The Morgan fingerprint density at radius 2 is 2.06 bits per heavy atom. The summed E-state index contributed by atoms with van der Waals surface area (Å²) in [5.41, 5.74) is 6.11. The fraction of sp³-hybridized carbons (Fsp3) is 0. The van der Waals surface area contributed by atoms with E-state index in [9.17, 15) is 4.39 Å². The molecule has 0 amide bonds. The molecule has 1 heterocycles. The van der Waals surface area contributed by atoms with E-state index in [0.717, 1.165) is 0 Å². The average Bonchev–Trinajstić information content (AvgIpc) is 2.22. The molecule has 0 unspecified atom stereocenters. The fourth-order valence-electron chi connectivity index (χ4n) is 1.22. The molecule has 0 atom stereocenters. The number of hydrogen-bond donors (Lipinski definition) is 2. The van der Waals surface area contributed by atoms with Crippen molar-refractivity contribution in [3.63, 3.8) is 0 Å². The first-order valence-corrected chi connectivity index (χ1v) is 5.74. The zero-order valence-electron chi connectivity index (χ0n) is 8.42. The second-order valence-electron chi connectivity index (χ2n) is 3.19. The van der Waals surface area contributed by atoms with Crippen molar-refractivity contribution in [3.05, 3.63) is 39.7 Å². The molecular weight excluding hydrogens is 310 g/mol. The quantitative estimate of drug-likeness (QED) is 0.834. The molecule has 88 valence electrons. The number of nitrogens with two attached hydrogens (primary N) is 1.